The standard InChI is InChI=1S/C23H27NO4/c1-17(25)19-7-6-8-21(15-19)28-16-23(26)24-14-5-3-4-9-22(24)18-10-12-20(27-2)13-11-18/h6-8,10-13,15,22H,3-5,9,14,16H2,1-2H3. The SMILES string of the molecule is COc1ccc(C2CCCCCN2C(=O)COc2cccc(C(C)=O)c2)cc1. The third kappa shape index (κ3) is 4.91. The molecule has 0 aliphatic carbocycles. The highest BCUT2D eigenvalue weighted by Gasteiger charge is 2.27. The van der Waals surface area contributed by atoms with Crippen molar-refractivity contribution in [2.45, 2.75) is 38.6 Å². The van der Waals surface area contributed by atoms with Gasteiger partial charge in [-0.2, -0.15) is 0 Å². The molecule has 1 atom stereocenters. The Labute approximate surface area is 166 Å². The van der Waals surface area contributed by atoms with Crippen molar-refractivity contribution < 1.29 is 19.1 Å². The molecule has 0 bridgehead atoms. The summed E-state index contributed by atoms with van der Waals surface area (Å²) in [6.07, 6.45) is 4.16. The van der Waals surface area contributed by atoms with Gasteiger partial charge in [-0.1, -0.05) is 37.1 Å². The first-order chi connectivity index (χ1) is 13.6. The van der Waals surface area contributed by atoms with E-state index in [4.69, 9.17) is 9.47 Å². The van der Waals surface area contributed by atoms with Gasteiger partial charge in [-0.05, 0) is 49.6 Å². The van der Waals surface area contributed by atoms with Gasteiger partial charge in [-0.3, -0.25) is 9.59 Å². The van der Waals surface area contributed by atoms with Crippen LogP contribution >= 0.6 is 0 Å². The molecule has 1 saturated heterocycles. The van der Waals surface area contributed by atoms with Crippen molar-refractivity contribution in [1.29, 1.82) is 0 Å². The van der Waals surface area contributed by atoms with E-state index < -0.39 is 0 Å². The van der Waals surface area contributed by atoms with Crippen LogP contribution in [-0.4, -0.2) is 36.9 Å². The van der Waals surface area contributed by atoms with Crippen LogP contribution < -0.4 is 9.47 Å². The van der Waals surface area contributed by atoms with Gasteiger partial charge in [-0.15, -0.1) is 0 Å². The van der Waals surface area contributed by atoms with E-state index in [9.17, 15) is 9.59 Å². The molecule has 1 amide bonds. The smallest absolute Gasteiger partial charge is 0.261 e. The van der Waals surface area contributed by atoms with E-state index in [1.165, 1.54) is 6.92 Å². The van der Waals surface area contributed by atoms with Crippen molar-refractivity contribution in [2.24, 2.45) is 0 Å². The van der Waals surface area contributed by atoms with Crippen molar-refractivity contribution in [2.75, 3.05) is 20.3 Å². The fourth-order valence-corrected chi connectivity index (χ4v) is 3.61. The van der Waals surface area contributed by atoms with Gasteiger partial charge < -0.3 is 14.4 Å². The Morgan fingerprint density at radius 2 is 1.82 bits per heavy atom. The number of rotatable bonds is 6. The molecule has 3 rings (SSSR count). The maximum absolute atomic E-state index is 13.0. The first kappa shape index (κ1) is 19.9. The van der Waals surface area contributed by atoms with E-state index in [2.05, 4.69) is 0 Å². The maximum atomic E-state index is 13.0. The van der Waals surface area contributed by atoms with E-state index in [0.717, 1.165) is 43.5 Å². The number of nitrogens with zero attached hydrogens (tertiary/aromatic N) is 1. The molecule has 0 spiro atoms. The Balaban J connectivity index is 1.71. The topological polar surface area (TPSA) is 55.8 Å². The quantitative estimate of drug-likeness (QED) is 0.695. The molecule has 148 valence electrons. The molecule has 0 radical (unpaired) electrons. The average Bonchev–Trinajstić information content (AvgIpc) is 2.98. The van der Waals surface area contributed by atoms with Gasteiger partial charge in [0, 0.05) is 12.1 Å². The summed E-state index contributed by atoms with van der Waals surface area (Å²) in [5.74, 6) is 1.29. The number of carbonyl (C=O) groups is 2. The van der Waals surface area contributed by atoms with E-state index in [1.54, 1.807) is 31.4 Å². The van der Waals surface area contributed by atoms with E-state index in [1.807, 2.05) is 29.2 Å². The highest BCUT2D eigenvalue weighted by Crippen LogP contribution is 2.31. The van der Waals surface area contributed by atoms with Crippen LogP contribution in [0, 0.1) is 0 Å². The molecular formula is C23H27NO4. The van der Waals surface area contributed by atoms with Gasteiger partial charge in [0.15, 0.2) is 12.4 Å². The lowest BCUT2D eigenvalue weighted by Crippen LogP contribution is -2.38. The van der Waals surface area contributed by atoms with Crippen molar-refractivity contribution >= 4 is 11.7 Å². The molecule has 0 saturated carbocycles. The van der Waals surface area contributed by atoms with E-state index in [0.29, 0.717) is 11.3 Å². The minimum atomic E-state index is -0.0337. The number of methoxy groups -OCH3 is 1. The zero-order chi connectivity index (χ0) is 19.9. The molecule has 1 fully saturated rings. The number of hydrogen-bond acceptors (Lipinski definition) is 4. The van der Waals surface area contributed by atoms with Gasteiger partial charge in [0.05, 0.1) is 13.2 Å². The van der Waals surface area contributed by atoms with Crippen molar-refractivity contribution in [3.05, 3.63) is 59.7 Å². The summed E-state index contributed by atoms with van der Waals surface area (Å²) in [5.41, 5.74) is 1.70. The van der Waals surface area contributed by atoms with Gasteiger partial charge in [0.1, 0.15) is 11.5 Å². The minimum absolute atomic E-state index is 0.0242. The summed E-state index contributed by atoms with van der Waals surface area (Å²) in [6, 6.07) is 14.9. The summed E-state index contributed by atoms with van der Waals surface area (Å²) in [6.45, 7) is 2.21. The molecule has 1 aliphatic heterocycles. The summed E-state index contributed by atoms with van der Waals surface area (Å²) in [7, 11) is 1.65. The third-order valence-electron chi connectivity index (χ3n) is 5.18. The van der Waals surface area contributed by atoms with Crippen LogP contribution in [0.4, 0.5) is 0 Å². The second kappa shape index (κ2) is 9.40. The average molecular weight is 381 g/mol. The Kier molecular flexibility index (Phi) is 6.69. The number of Topliss-reactive ketones (excluding diaryl/α,β-unsaturated/α-hetero) is 1. The normalized spacial score (nSPS) is 16.9. The van der Waals surface area contributed by atoms with E-state index >= 15 is 0 Å². The number of ether oxygens (including phenoxy) is 2. The molecule has 1 heterocycles. The largest absolute Gasteiger partial charge is 0.497 e. The Hall–Kier alpha value is -2.82. The van der Waals surface area contributed by atoms with Crippen LogP contribution in [0.1, 0.15) is 54.6 Å². The van der Waals surface area contributed by atoms with Gasteiger partial charge >= 0.3 is 0 Å². The number of ketones is 1. The second-order valence-electron chi connectivity index (χ2n) is 7.10. The second-order valence-corrected chi connectivity index (χ2v) is 7.10. The molecule has 1 unspecified atom stereocenters. The fourth-order valence-electron chi connectivity index (χ4n) is 3.61. The highest BCUT2D eigenvalue weighted by molar-refractivity contribution is 5.94. The van der Waals surface area contributed by atoms with Crippen LogP contribution in [0.3, 0.4) is 0 Å². The Morgan fingerprint density at radius 3 is 2.54 bits per heavy atom. The molecular weight excluding hydrogens is 354 g/mol. The maximum Gasteiger partial charge on any atom is 0.261 e. The number of benzene rings is 2. The molecule has 2 aromatic rings. The molecule has 5 nitrogen and oxygen atoms in total. The van der Waals surface area contributed by atoms with Gasteiger partial charge in [0.2, 0.25) is 0 Å². The molecule has 0 N–H and O–H groups in total. The lowest BCUT2D eigenvalue weighted by molar-refractivity contribution is -0.135. The zero-order valence-electron chi connectivity index (χ0n) is 16.5. The van der Waals surface area contributed by atoms with Crippen LogP contribution in [0.2, 0.25) is 0 Å². The summed E-state index contributed by atoms with van der Waals surface area (Å²) < 4.78 is 11.0. The predicted octanol–water partition coefficient (Wildman–Crippen LogP) is 4.42. The molecule has 1 aliphatic rings. The van der Waals surface area contributed by atoms with Crippen LogP contribution in [0.5, 0.6) is 11.5 Å². The van der Waals surface area contributed by atoms with Gasteiger partial charge in [0.25, 0.3) is 5.91 Å². The Bertz CT molecular complexity index is 816. The lowest BCUT2D eigenvalue weighted by atomic mass is 10.0. The van der Waals surface area contributed by atoms with Crippen LogP contribution in [0.15, 0.2) is 48.5 Å². The highest BCUT2D eigenvalue weighted by atomic mass is 16.5. The Morgan fingerprint density at radius 1 is 1.04 bits per heavy atom. The molecule has 5 heteroatoms. The first-order valence-electron chi connectivity index (χ1n) is 9.75. The van der Waals surface area contributed by atoms with Crippen molar-refractivity contribution in [1.82, 2.24) is 4.90 Å². The fraction of sp³-hybridized carbons (Fsp3) is 0.391. The number of amides is 1. The van der Waals surface area contributed by atoms with Crippen LogP contribution in [0.25, 0.3) is 0 Å². The minimum Gasteiger partial charge on any atom is -0.497 e. The lowest BCUT2D eigenvalue weighted by Gasteiger charge is -2.30. The summed E-state index contributed by atoms with van der Waals surface area (Å²) >= 11 is 0. The number of carbonyl (C=O) groups excluding carboxylic acids is 2. The molecule has 2 aromatic carbocycles. The van der Waals surface area contributed by atoms with Crippen molar-refractivity contribution in [3.63, 3.8) is 0 Å². The van der Waals surface area contributed by atoms with Crippen LogP contribution in [-0.2, 0) is 4.79 Å². The third-order valence-corrected chi connectivity index (χ3v) is 5.18. The van der Waals surface area contributed by atoms with E-state index in [-0.39, 0.29) is 24.3 Å². The number of likely N-dealkylation sites (tertiary alicyclic amines) is 1. The predicted molar refractivity (Wildman–Crippen MR) is 108 cm³/mol. The first-order valence-corrected chi connectivity index (χ1v) is 9.75. The summed E-state index contributed by atoms with van der Waals surface area (Å²) in [4.78, 5) is 26.4. The van der Waals surface area contributed by atoms with Gasteiger partial charge in [-0.25, -0.2) is 0 Å². The van der Waals surface area contributed by atoms with Crippen molar-refractivity contribution in [3.8, 4) is 11.5 Å². The zero-order valence-corrected chi connectivity index (χ0v) is 16.5. The summed E-state index contributed by atoms with van der Waals surface area (Å²) in [5, 5.41) is 0. The monoisotopic (exact) mass is 381 g/mol. The number of hydrogen-bond donors (Lipinski definition) is 0. The molecule has 28 heavy (non-hydrogen) atoms. The molecule has 0 aromatic heterocycles.